The van der Waals surface area contributed by atoms with E-state index in [4.69, 9.17) is 11.8 Å². The second kappa shape index (κ2) is 13.4. The Hall–Kier alpha value is -1.07. The maximum atomic E-state index is 6.25. The highest BCUT2D eigenvalue weighted by molar-refractivity contribution is 5.10. The summed E-state index contributed by atoms with van der Waals surface area (Å²) in [7, 11) is 0. The number of quaternary nitrogens is 1. The average Bonchev–Trinajstić information content (AvgIpc) is 2.90. The van der Waals surface area contributed by atoms with Crippen molar-refractivity contribution in [3.63, 3.8) is 0 Å². The Labute approximate surface area is 119 Å². The minimum Gasteiger partial charge on any atom is -0.512 e. The van der Waals surface area contributed by atoms with Gasteiger partial charge in [-0.05, 0) is 25.3 Å². The minimum atomic E-state index is 1.29. The zero-order valence-electron chi connectivity index (χ0n) is 12.8. The number of hydrogen-bond acceptors (Lipinski definition) is 1. The van der Waals surface area contributed by atoms with Gasteiger partial charge in [-0.15, -0.1) is 0 Å². The summed E-state index contributed by atoms with van der Waals surface area (Å²) in [6, 6.07) is 0. The highest BCUT2D eigenvalue weighted by Crippen LogP contribution is 2.06. The Morgan fingerprint density at radius 2 is 1.58 bits per heavy atom. The third-order valence-corrected chi connectivity index (χ3v) is 3.61. The van der Waals surface area contributed by atoms with Gasteiger partial charge in [0.05, 0.1) is 12.7 Å². The SMILES string of the molecule is CCCCCCCC[NH+]1C=CC=C1CCCC.[C-]#N. The molecule has 1 atom stereocenters. The van der Waals surface area contributed by atoms with Gasteiger partial charge in [0.2, 0.25) is 0 Å². The summed E-state index contributed by atoms with van der Waals surface area (Å²) in [5.41, 5.74) is 1.61. The molecule has 1 aliphatic heterocycles. The second-order valence-corrected chi connectivity index (χ2v) is 5.20. The zero-order chi connectivity index (χ0) is 14.3. The van der Waals surface area contributed by atoms with Crippen molar-refractivity contribution in [2.24, 2.45) is 0 Å². The van der Waals surface area contributed by atoms with Gasteiger partial charge in [-0.2, -0.15) is 0 Å². The molecule has 0 aromatic rings. The molecule has 2 heteroatoms. The first kappa shape index (κ1) is 17.9. The molecular weight excluding hydrogens is 232 g/mol. The van der Waals surface area contributed by atoms with Crippen LogP contribution < -0.4 is 4.90 Å². The molecule has 1 heterocycles. The van der Waals surface area contributed by atoms with Crippen LogP contribution in [-0.4, -0.2) is 6.54 Å². The monoisotopic (exact) mass is 262 g/mol. The third kappa shape index (κ3) is 8.61. The van der Waals surface area contributed by atoms with Crippen LogP contribution in [0.3, 0.4) is 0 Å². The molecule has 1 N–H and O–H groups in total. The fourth-order valence-corrected chi connectivity index (χ4v) is 2.45. The van der Waals surface area contributed by atoms with Crippen molar-refractivity contribution in [2.45, 2.75) is 71.6 Å². The molecule has 1 unspecified atom stereocenters. The summed E-state index contributed by atoms with van der Waals surface area (Å²) in [5.74, 6) is 0. The Morgan fingerprint density at radius 1 is 0.947 bits per heavy atom. The van der Waals surface area contributed by atoms with Crippen molar-refractivity contribution in [2.75, 3.05) is 6.54 Å². The number of hydrogen-bond donors (Lipinski definition) is 1. The van der Waals surface area contributed by atoms with Crippen molar-refractivity contribution < 1.29 is 4.90 Å². The summed E-state index contributed by atoms with van der Waals surface area (Å²) in [4.78, 5) is 1.62. The number of rotatable bonds is 10. The topological polar surface area (TPSA) is 28.2 Å². The van der Waals surface area contributed by atoms with Crippen molar-refractivity contribution in [1.29, 1.82) is 5.26 Å². The van der Waals surface area contributed by atoms with Crippen LogP contribution in [0.15, 0.2) is 24.0 Å². The van der Waals surface area contributed by atoms with E-state index in [2.05, 4.69) is 32.2 Å². The maximum Gasteiger partial charge on any atom is 0.112 e. The predicted octanol–water partition coefficient (Wildman–Crippen LogP) is 3.93. The predicted molar refractivity (Wildman–Crippen MR) is 80.9 cm³/mol. The van der Waals surface area contributed by atoms with E-state index in [0.29, 0.717) is 0 Å². The van der Waals surface area contributed by atoms with Crippen LogP contribution in [0.25, 0.3) is 0 Å². The van der Waals surface area contributed by atoms with Crippen LogP contribution in [0.4, 0.5) is 0 Å². The van der Waals surface area contributed by atoms with Gasteiger partial charge in [-0.25, -0.2) is 0 Å². The molecule has 1 rings (SSSR count). The molecule has 0 saturated carbocycles. The molecule has 19 heavy (non-hydrogen) atoms. The normalized spacial score (nSPS) is 16.8. The second-order valence-electron chi connectivity index (χ2n) is 5.20. The summed E-state index contributed by atoms with van der Waals surface area (Å²) in [6.07, 6.45) is 19.2. The molecule has 1 aliphatic rings. The first-order chi connectivity index (χ1) is 9.38. The molecule has 0 saturated heterocycles. The smallest absolute Gasteiger partial charge is 0.112 e. The Balaban J connectivity index is 0.00000154. The molecule has 0 aromatic carbocycles. The van der Waals surface area contributed by atoms with Crippen LogP contribution >= 0.6 is 0 Å². The lowest BCUT2D eigenvalue weighted by atomic mass is 10.1. The average molecular weight is 262 g/mol. The minimum absolute atomic E-state index is 1.29. The van der Waals surface area contributed by atoms with Gasteiger partial charge >= 0.3 is 0 Å². The van der Waals surface area contributed by atoms with Crippen LogP contribution in [0, 0.1) is 11.8 Å². The molecule has 2 nitrogen and oxygen atoms in total. The number of allylic oxidation sites excluding steroid dienone is 3. The van der Waals surface area contributed by atoms with Crippen molar-refractivity contribution in [3.05, 3.63) is 30.6 Å². The summed E-state index contributed by atoms with van der Waals surface area (Å²) in [6.45, 7) is 10.6. The number of unbranched alkanes of at least 4 members (excludes halogenated alkanes) is 6. The van der Waals surface area contributed by atoms with E-state index < -0.39 is 0 Å². The lowest BCUT2D eigenvalue weighted by Crippen LogP contribution is -3.04. The van der Waals surface area contributed by atoms with Gasteiger partial charge in [0.25, 0.3) is 0 Å². The standard InChI is InChI=1S/C16H29N.CN/c1-3-5-7-8-9-10-14-17-15-11-13-16(17)12-6-4-2;1-2/h11,13,15H,3-10,12,14H2,1-2H3;/q;-1/p+1. The number of nitrogens with one attached hydrogen (secondary N) is 1. The van der Waals surface area contributed by atoms with Gasteiger partial charge in [-0.3, -0.25) is 4.90 Å². The zero-order valence-corrected chi connectivity index (χ0v) is 12.8. The molecule has 0 aromatic heterocycles. The molecule has 0 aliphatic carbocycles. The van der Waals surface area contributed by atoms with Crippen LogP contribution in [0.1, 0.15) is 71.6 Å². The van der Waals surface area contributed by atoms with Crippen LogP contribution in [0.2, 0.25) is 0 Å². The fraction of sp³-hybridized carbons (Fsp3) is 0.706. The van der Waals surface area contributed by atoms with Crippen LogP contribution in [-0.2, 0) is 0 Å². The maximum absolute atomic E-state index is 6.25. The van der Waals surface area contributed by atoms with E-state index in [-0.39, 0.29) is 0 Å². The van der Waals surface area contributed by atoms with Gasteiger partial charge in [0, 0.05) is 12.5 Å². The Morgan fingerprint density at radius 3 is 2.26 bits per heavy atom. The molecule has 0 radical (unpaired) electrons. The number of nitrogens with zero attached hydrogens (tertiary/aromatic N) is 1. The molecule has 0 spiro atoms. The molecule has 0 bridgehead atoms. The summed E-state index contributed by atoms with van der Waals surface area (Å²) in [5, 5.41) is 6.25. The van der Waals surface area contributed by atoms with Gasteiger partial charge < -0.3 is 11.8 Å². The van der Waals surface area contributed by atoms with Gasteiger partial charge in [0.1, 0.15) is 5.70 Å². The molecule has 0 fully saturated rings. The van der Waals surface area contributed by atoms with E-state index >= 15 is 0 Å². The van der Waals surface area contributed by atoms with Gasteiger partial charge in [0.15, 0.2) is 0 Å². The largest absolute Gasteiger partial charge is 0.512 e. The van der Waals surface area contributed by atoms with Crippen molar-refractivity contribution >= 4 is 0 Å². The highest BCUT2D eigenvalue weighted by Gasteiger charge is 2.15. The Kier molecular flexibility index (Phi) is 12.6. The molecule has 108 valence electrons. The molecule has 0 amide bonds. The lowest BCUT2D eigenvalue weighted by molar-refractivity contribution is -0.804. The van der Waals surface area contributed by atoms with E-state index in [9.17, 15) is 0 Å². The Bertz CT molecular complexity index is 276. The van der Waals surface area contributed by atoms with E-state index in [1.807, 2.05) is 0 Å². The van der Waals surface area contributed by atoms with Crippen molar-refractivity contribution in [3.8, 4) is 0 Å². The summed E-state index contributed by atoms with van der Waals surface area (Å²) >= 11 is 0. The quantitative estimate of drug-likeness (QED) is 0.469. The van der Waals surface area contributed by atoms with Crippen molar-refractivity contribution in [1.82, 2.24) is 0 Å². The third-order valence-electron chi connectivity index (χ3n) is 3.61. The van der Waals surface area contributed by atoms with E-state index in [1.54, 1.807) is 10.6 Å². The fourth-order valence-electron chi connectivity index (χ4n) is 2.45. The lowest BCUT2D eigenvalue weighted by Gasteiger charge is -2.14. The first-order valence-corrected chi connectivity index (χ1v) is 7.84. The van der Waals surface area contributed by atoms with Gasteiger partial charge in [-0.1, -0.05) is 46.0 Å². The molecular formula is C17H30N2. The van der Waals surface area contributed by atoms with E-state index in [0.717, 1.165) is 0 Å². The van der Waals surface area contributed by atoms with Crippen LogP contribution in [0.5, 0.6) is 0 Å². The summed E-state index contributed by atoms with van der Waals surface area (Å²) < 4.78 is 0. The highest BCUT2D eigenvalue weighted by atomic mass is 15.1. The first-order valence-electron chi connectivity index (χ1n) is 7.84. The van der Waals surface area contributed by atoms with E-state index in [1.165, 1.54) is 64.3 Å².